The summed E-state index contributed by atoms with van der Waals surface area (Å²) in [6, 6.07) is 20.0. The maximum Gasteiger partial charge on any atom is 0.264 e. The first-order valence-electron chi connectivity index (χ1n) is 11.4. The van der Waals surface area contributed by atoms with Gasteiger partial charge in [-0.25, -0.2) is 0 Å². The Balaban J connectivity index is 1.29. The van der Waals surface area contributed by atoms with Crippen molar-refractivity contribution < 1.29 is 28.9 Å². The van der Waals surface area contributed by atoms with Gasteiger partial charge in [0, 0.05) is 5.56 Å². The van der Waals surface area contributed by atoms with E-state index in [0.29, 0.717) is 22.7 Å². The molecule has 0 spiro atoms. The Hall–Kier alpha value is -4.10. The molecule has 0 saturated heterocycles. The van der Waals surface area contributed by atoms with Crippen LogP contribution in [0.15, 0.2) is 72.8 Å². The van der Waals surface area contributed by atoms with Crippen molar-refractivity contribution in [2.24, 2.45) is 0 Å². The fraction of sp³-hybridized carbons (Fsp3) is 0.214. The number of nitrogens with zero attached hydrogens (tertiary/aromatic N) is 1. The van der Waals surface area contributed by atoms with E-state index in [2.05, 4.69) is 0 Å². The van der Waals surface area contributed by atoms with Gasteiger partial charge in [-0.15, -0.1) is 0 Å². The fourth-order valence-corrected chi connectivity index (χ4v) is 4.38. The van der Waals surface area contributed by atoms with Gasteiger partial charge in [0.2, 0.25) is 6.79 Å². The number of allylic oxidation sites excluding steroid dienone is 1. The average Bonchev–Trinajstić information content (AvgIpc) is 3.41. The molecule has 35 heavy (non-hydrogen) atoms. The number of carbonyl (C=O) groups is 2. The lowest BCUT2D eigenvalue weighted by Crippen LogP contribution is -2.43. The van der Waals surface area contributed by atoms with E-state index in [0.717, 1.165) is 16.9 Å². The maximum atomic E-state index is 13.3. The van der Waals surface area contributed by atoms with E-state index in [4.69, 9.17) is 14.2 Å². The second-order valence-corrected chi connectivity index (χ2v) is 8.54. The van der Waals surface area contributed by atoms with Gasteiger partial charge in [-0.2, -0.15) is 0 Å². The van der Waals surface area contributed by atoms with Gasteiger partial charge in [-0.1, -0.05) is 48.5 Å². The van der Waals surface area contributed by atoms with Crippen LogP contribution in [0.1, 0.15) is 23.1 Å². The number of benzene rings is 3. The lowest BCUT2D eigenvalue weighted by atomic mass is 9.89. The fourth-order valence-electron chi connectivity index (χ4n) is 4.38. The highest BCUT2D eigenvalue weighted by atomic mass is 16.7. The van der Waals surface area contributed by atoms with E-state index in [1.807, 2.05) is 31.2 Å². The van der Waals surface area contributed by atoms with Crippen molar-refractivity contribution in [3.8, 4) is 17.2 Å². The number of aryl methyl sites for hydroxylation is 1. The zero-order chi connectivity index (χ0) is 24.4. The molecule has 1 amide bonds. The summed E-state index contributed by atoms with van der Waals surface area (Å²) in [6.07, 6.45) is 2.64. The van der Waals surface area contributed by atoms with Crippen LogP contribution in [0.4, 0.5) is 5.69 Å². The smallest absolute Gasteiger partial charge is 0.264 e. The molecule has 0 radical (unpaired) electrons. The number of anilines is 1. The van der Waals surface area contributed by atoms with Crippen molar-refractivity contribution in [3.63, 3.8) is 0 Å². The average molecular weight is 472 g/mol. The van der Waals surface area contributed by atoms with E-state index in [-0.39, 0.29) is 32.1 Å². The quantitative estimate of drug-likeness (QED) is 0.500. The Morgan fingerprint density at radius 3 is 2.71 bits per heavy atom. The molecule has 2 heterocycles. The molecule has 3 aromatic rings. The Bertz CT molecular complexity index is 1320. The van der Waals surface area contributed by atoms with Crippen molar-refractivity contribution >= 4 is 23.5 Å². The van der Waals surface area contributed by atoms with Crippen molar-refractivity contribution in [2.75, 3.05) is 24.8 Å². The van der Waals surface area contributed by atoms with Crippen LogP contribution in [0.5, 0.6) is 17.2 Å². The summed E-state index contributed by atoms with van der Waals surface area (Å²) in [5.74, 6) is 1.11. The minimum Gasteiger partial charge on any atom is -0.491 e. The molecule has 0 saturated carbocycles. The van der Waals surface area contributed by atoms with E-state index in [1.54, 1.807) is 48.5 Å². The number of fused-ring (bicyclic) bond motifs is 2. The molecule has 2 aliphatic rings. The van der Waals surface area contributed by atoms with E-state index in [9.17, 15) is 14.7 Å². The molecule has 7 heteroatoms. The summed E-state index contributed by atoms with van der Waals surface area (Å²) in [5, 5.41) is 11.4. The molecule has 0 fully saturated rings. The van der Waals surface area contributed by atoms with E-state index < -0.39 is 11.5 Å². The van der Waals surface area contributed by atoms with Gasteiger partial charge in [-0.3, -0.25) is 9.59 Å². The Kier molecular flexibility index (Phi) is 6.01. The van der Waals surface area contributed by atoms with Crippen molar-refractivity contribution in [3.05, 3.63) is 89.5 Å². The van der Waals surface area contributed by atoms with E-state index in [1.165, 1.54) is 11.0 Å². The van der Waals surface area contributed by atoms with Crippen LogP contribution >= 0.6 is 0 Å². The highest BCUT2D eigenvalue weighted by Crippen LogP contribution is 2.42. The summed E-state index contributed by atoms with van der Waals surface area (Å²) >= 11 is 0. The van der Waals surface area contributed by atoms with Crippen LogP contribution in [-0.4, -0.2) is 36.7 Å². The number of hydrogen-bond acceptors (Lipinski definition) is 6. The zero-order valence-corrected chi connectivity index (χ0v) is 19.3. The predicted molar refractivity (Wildman–Crippen MR) is 131 cm³/mol. The lowest BCUT2D eigenvalue weighted by Gasteiger charge is -2.22. The summed E-state index contributed by atoms with van der Waals surface area (Å²) in [6.45, 7) is 2.61. The number of amides is 1. The number of ether oxygens (including phenoxy) is 3. The molecule has 5 rings (SSSR count). The molecule has 7 nitrogen and oxygen atoms in total. The number of para-hydroxylation sites is 2. The third kappa shape index (κ3) is 4.38. The van der Waals surface area contributed by atoms with Crippen molar-refractivity contribution in [2.45, 2.75) is 18.9 Å². The minimum absolute atomic E-state index is 0.169. The monoisotopic (exact) mass is 471 g/mol. The molecule has 0 aromatic heterocycles. The van der Waals surface area contributed by atoms with Gasteiger partial charge in [-0.05, 0) is 48.4 Å². The molecule has 2 aliphatic heterocycles. The normalized spacial score (nSPS) is 18.2. The topological polar surface area (TPSA) is 85.3 Å². The van der Waals surface area contributed by atoms with Gasteiger partial charge in [0.05, 0.1) is 18.7 Å². The third-order valence-electron chi connectivity index (χ3n) is 6.19. The zero-order valence-electron chi connectivity index (χ0n) is 19.3. The van der Waals surface area contributed by atoms with Crippen molar-refractivity contribution in [1.29, 1.82) is 0 Å². The standard InChI is InChI=1S/C28H25NO6/c1-19-6-2-5-9-24(19)33-15-14-29-23-8-4-3-7-22(23)28(32,27(29)31)17-21(30)12-10-20-11-13-25-26(16-20)35-18-34-25/h2-13,16,32H,14-15,17-18H2,1H3/b12-10+. The van der Waals surface area contributed by atoms with Crippen LogP contribution in [0.3, 0.4) is 0 Å². The molecular weight excluding hydrogens is 446 g/mol. The Morgan fingerprint density at radius 1 is 1.09 bits per heavy atom. The maximum absolute atomic E-state index is 13.3. The van der Waals surface area contributed by atoms with Gasteiger partial charge in [0.15, 0.2) is 22.9 Å². The molecule has 1 N–H and O–H groups in total. The number of aliphatic hydroxyl groups is 1. The second kappa shape index (κ2) is 9.27. The first-order chi connectivity index (χ1) is 17.0. The third-order valence-corrected chi connectivity index (χ3v) is 6.19. The molecule has 1 unspecified atom stereocenters. The molecule has 3 aromatic carbocycles. The second-order valence-electron chi connectivity index (χ2n) is 8.54. The van der Waals surface area contributed by atoms with Crippen molar-refractivity contribution in [1.82, 2.24) is 0 Å². The van der Waals surface area contributed by atoms with Crippen LogP contribution in [-0.2, 0) is 15.2 Å². The predicted octanol–water partition coefficient (Wildman–Crippen LogP) is 4.01. The largest absolute Gasteiger partial charge is 0.491 e. The molecule has 0 aliphatic carbocycles. The van der Waals surface area contributed by atoms with Crippen LogP contribution in [0.2, 0.25) is 0 Å². The van der Waals surface area contributed by atoms with Gasteiger partial charge < -0.3 is 24.2 Å². The minimum atomic E-state index is -1.93. The van der Waals surface area contributed by atoms with Crippen LogP contribution in [0, 0.1) is 6.92 Å². The van der Waals surface area contributed by atoms with Gasteiger partial charge in [0.1, 0.15) is 12.4 Å². The summed E-state index contributed by atoms with van der Waals surface area (Å²) in [7, 11) is 0. The first-order valence-corrected chi connectivity index (χ1v) is 11.4. The summed E-state index contributed by atoms with van der Waals surface area (Å²) in [4.78, 5) is 27.6. The Labute approximate surface area is 203 Å². The highest BCUT2D eigenvalue weighted by Gasteiger charge is 2.50. The number of hydrogen-bond donors (Lipinski definition) is 1. The number of ketones is 1. The molecule has 1 atom stereocenters. The number of rotatable bonds is 8. The highest BCUT2D eigenvalue weighted by molar-refractivity contribution is 6.10. The summed E-state index contributed by atoms with van der Waals surface area (Å²) in [5.41, 5.74) is 0.821. The number of carbonyl (C=O) groups excluding carboxylic acids is 2. The molecule has 0 bridgehead atoms. The molecule has 178 valence electrons. The van der Waals surface area contributed by atoms with Gasteiger partial charge in [0.25, 0.3) is 5.91 Å². The first kappa shape index (κ1) is 22.7. The lowest BCUT2D eigenvalue weighted by molar-refractivity contribution is -0.140. The van der Waals surface area contributed by atoms with Gasteiger partial charge >= 0.3 is 0 Å². The van der Waals surface area contributed by atoms with Crippen LogP contribution < -0.4 is 19.1 Å². The Morgan fingerprint density at radius 2 is 1.86 bits per heavy atom. The SMILES string of the molecule is Cc1ccccc1OCCN1C(=O)C(O)(CC(=O)/C=C/c2ccc3c(c2)OCO3)c2ccccc21. The van der Waals surface area contributed by atoms with Crippen LogP contribution in [0.25, 0.3) is 6.08 Å². The summed E-state index contributed by atoms with van der Waals surface area (Å²) < 4.78 is 16.5. The van der Waals surface area contributed by atoms with E-state index >= 15 is 0 Å². The molecular formula is C28H25NO6.